The number of urea groups is 1. The number of hydrogen-bond donors (Lipinski definition) is 1. The highest BCUT2D eigenvalue weighted by atomic mass is 35.5. The number of aromatic amines is 1. The smallest absolute Gasteiger partial charge is 0.329 e. The van der Waals surface area contributed by atoms with Crippen molar-refractivity contribution in [2.24, 2.45) is 0 Å². The lowest BCUT2D eigenvalue weighted by Gasteiger charge is -2.30. The summed E-state index contributed by atoms with van der Waals surface area (Å²) in [5, 5.41) is 0. The van der Waals surface area contributed by atoms with Gasteiger partial charge in [-0.15, -0.1) is 24.8 Å². The molecule has 1 aromatic heterocycles. The SMILES string of the molecule is Cl.Cl.O=C(N1CCN(Cc2cnc[nH]2)c2ccc(-c3ccccc3)cc2C1)N(c1ccccc1)c1ccccc1. The molecule has 1 aliphatic rings. The molecule has 0 atom stereocenters. The molecule has 1 aliphatic heterocycles. The van der Waals surface area contributed by atoms with Gasteiger partial charge in [-0.25, -0.2) is 9.78 Å². The molecule has 0 spiro atoms. The van der Waals surface area contributed by atoms with Crippen LogP contribution in [0.25, 0.3) is 11.1 Å². The van der Waals surface area contributed by atoms with E-state index in [2.05, 4.69) is 57.3 Å². The van der Waals surface area contributed by atoms with E-state index in [1.165, 1.54) is 0 Å². The first-order valence-electron chi connectivity index (χ1n) is 12.9. The Bertz CT molecular complexity index is 1460. The molecule has 8 heteroatoms. The van der Waals surface area contributed by atoms with Crippen LogP contribution in [0.1, 0.15) is 11.3 Å². The highest BCUT2D eigenvalue weighted by Crippen LogP contribution is 2.33. The molecule has 6 nitrogen and oxygen atoms in total. The zero-order valence-corrected chi connectivity index (χ0v) is 23.5. The number of hydrogen-bond acceptors (Lipinski definition) is 3. The molecule has 2 amide bonds. The van der Waals surface area contributed by atoms with Gasteiger partial charge < -0.3 is 14.8 Å². The minimum absolute atomic E-state index is 0. The van der Waals surface area contributed by atoms with Crippen LogP contribution in [0.15, 0.2) is 122 Å². The summed E-state index contributed by atoms with van der Waals surface area (Å²) in [6, 6.07) is 36.7. The Morgan fingerprint density at radius 3 is 2.00 bits per heavy atom. The van der Waals surface area contributed by atoms with Crippen molar-refractivity contribution < 1.29 is 4.79 Å². The molecule has 0 bridgehead atoms. The van der Waals surface area contributed by atoms with E-state index in [0.29, 0.717) is 26.2 Å². The third kappa shape index (κ3) is 6.14. The third-order valence-electron chi connectivity index (χ3n) is 6.93. The standard InChI is InChI=1S/C32H29N5O.2ClH/c38-32(37(29-12-6-2-7-13-29)30-14-8-3-9-15-30)36-19-18-35(23-28-21-33-24-34-28)31-17-16-26(20-27(31)22-36)25-10-4-1-5-11-25;;/h1-17,20-21,24H,18-19,22-23H2,(H,33,34);2*1H. The van der Waals surface area contributed by atoms with Crippen LogP contribution >= 0.6 is 24.8 Å². The molecule has 0 saturated heterocycles. The summed E-state index contributed by atoms with van der Waals surface area (Å²) in [4.78, 5) is 27.8. The van der Waals surface area contributed by atoms with Crippen molar-refractivity contribution in [1.82, 2.24) is 14.9 Å². The second kappa shape index (κ2) is 13.2. The van der Waals surface area contributed by atoms with Gasteiger partial charge in [-0.2, -0.15) is 0 Å². The Hall–Kier alpha value is -4.26. The maximum absolute atomic E-state index is 14.3. The molecule has 6 rings (SSSR count). The van der Waals surface area contributed by atoms with Gasteiger partial charge in [-0.1, -0.05) is 72.8 Å². The molecule has 2 heterocycles. The number of amides is 2. The average molecular weight is 573 g/mol. The first-order chi connectivity index (χ1) is 18.8. The summed E-state index contributed by atoms with van der Waals surface area (Å²) in [7, 11) is 0. The number of imidazole rings is 1. The van der Waals surface area contributed by atoms with Gasteiger partial charge in [0.05, 0.1) is 29.9 Å². The fourth-order valence-electron chi connectivity index (χ4n) is 5.05. The van der Waals surface area contributed by atoms with E-state index in [9.17, 15) is 4.79 Å². The zero-order valence-electron chi connectivity index (χ0n) is 21.9. The van der Waals surface area contributed by atoms with Crippen LogP contribution in [0.5, 0.6) is 0 Å². The van der Waals surface area contributed by atoms with Crippen molar-refractivity contribution in [3.8, 4) is 11.1 Å². The molecule has 0 aliphatic carbocycles. The minimum Gasteiger partial charge on any atom is -0.364 e. The second-order valence-corrected chi connectivity index (χ2v) is 9.42. The van der Waals surface area contributed by atoms with Gasteiger partial charge in [-0.05, 0) is 53.1 Å². The van der Waals surface area contributed by atoms with Crippen molar-refractivity contribution in [3.05, 3.63) is 133 Å². The van der Waals surface area contributed by atoms with Gasteiger partial charge in [0, 0.05) is 31.5 Å². The highest BCUT2D eigenvalue weighted by Gasteiger charge is 2.28. The Kier molecular flexibility index (Phi) is 9.48. The van der Waals surface area contributed by atoms with E-state index in [1.807, 2.05) is 82.7 Å². The number of rotatable bonds is 5. The number of H-pyrrole nitrogens is 1. The molecule has 0 saturated carbocycles. The Morgan fingerprint density at radius 1 is 0.775 bits per heavy atom. The van der Waals surface area contributed by atoms with Gasteiger partial charge in [-0.3, -0.25) is 4.90 Å². The number of fused-ring (bicyclic) bond motifs is 1. The summed E-state index contributed by atoms with van der Waals surface area (Å²) >= 11 is 0. The number of para-hydroxylation sites is 2. The van der Waals surface area contributed by atoms with E-state index >= 15 is 0 Å². The number of nitrogens with one attached hydrogen (secondary N) is 1. The molecular formula is C32H31Cl2N5O. The van der Waals surface area contributed by atoms with Crippen molar-refractivity contribution >= 4 is 47.9 Å². The predicted octanol–water partition coefficient (Wildman–Crippen LogP) is 7.70. The molecule has 0 unspecified atom stereocenters. The quantitative estimate of drug-likeness (QED) is 0.235. The number of carbonyl (C=O) groups excluding carboxylic acids is 1. The normalized spacial score (nSPS) is 12.4. The largest absolute Gasteiger partial charge is 0.364 e. The maximum atomic E-state index is 14.3. The van der Waals surface area contributed by atoms with E-state index in [-0.39, 0.29) is 30.8 Å². The Morgan fingerprint density at radius 2 is 1.40 bits per heavy atom. The Labute approximate surface area is 247 Å². The van der Waals surface area contributed by atoms with E-state index in [0.717, 1.165) is 39.4 Å². The molecule has 4 aromatic carbocycles. The van der Waals surface area contributed by atoms with Crippen LogP contribution < -0.4 is 9.80 Å². The number of aromatic nitrogens is 2. The summed E-state index contributed by atoms with van der Waals surface area (Å²) in [6.07, 6.45) is 3.57. The lowest BCUT2D eigenvalue weighted by Crippen LogP contribution is -2.42. The number of anilines is 3. The minimum atomic E-state index is -0.0399. The number of nitrogens with zero attached hydrogens (tertiary/aromatic N) is 4. The number of carbonyl (C=O) groups is 1. The molecular weight excluding hydrogens is 541 g/mol. The van der Waals surface area contributed by atoms with Gasteiger partial charge in [0.25, 0.3) is 0 Å². The fraction of sp³-hybridized carbons (Fsp3) is 0.125. The lowest BCUT2D eigenvalue weighted by molar-refractivity contribution is 0.207. The zero-order chi connectivity index (χ0) is 25.7. The van der Waals surface area contributed by atoms with Gasteiger partial charge in [0.15, 0.2) is 0 Å². The molecule has 0 fully saturated rings. The molecule has 1 N–H and O–H groups in total. The monoisotopic (exact) mass is 571 g/mol. The van der Waals surface area contributed by atoms with Crippen LogP contribution in [0.2, 0.25) is 0 Å². The number of benzene rings is 4. The third-order valence-corrected chi connectivity index (χ3v) is 6.93. The van der Waals surface area contributed by atoms with Crippen molar-refractivity contribution in [1.29, 1.82) is 0 Å². The topological polar surface area (TPSA) is 55.5 Å². The van der Waals surface area contributed by atoms with Crippen LogP contribution in [0.3, 0.4) is 0 Å². The maximum Gasteiger partial charge on any atom is 0.329 e. The molecule has 204 valence electrons. The van der Waals surface area contributed by atoms with Crippen LogP contribution in [-0.4, -0.2) is 34.0 Å². The van der Waals surface area contributed by atoms with E-state index in [1.54, 1.807) is 6.33 Å². The van der Waals surface area contributed by atoms with E-state index < -0.39 is 0 Å². The fourth-order valence-corrected chi connectivity index (χ4v) is 5.05. The van der Waals surface area contributed by atoms with Gasteiger partial charge >= 0.3 is 6.03 Å². The predicted molar refractivity (Wildman–Crippen MR) is 167 cm³/mol. The Balaban J connectivity index is 0.00000185. The summed E-state index contributed by atoms with van der Waals surface area (Å²) in [6.45, 7) is 2.52. The van der Waals surface area contributed by atoms with Gasteiger partial charge in [0.1, 0.15) is 0 Å². The van der Waals surface area contributed by atoms with Gasteiger partial charge in [0.2, 0.25) is 0 Å². The first kappa shape index (κ1) is 28.7. The first-order valence-corrected chi connectivity index (χ1v) is 12.9. The van der Waals surface area contributed by atoms with Crippen molar-refractivity contribution in [2.75, 3.05) is 22.9 Å². The van der Waals surface area contributed by atoms with E-state index in [4.69, 9.17) is 0 Å². The van der Waals surface area contributed by atoms with Crippen molar-refractivity contribution in [2.45, 2.75) is 13.1 Å². The second-order valence-electron chi connectivity index (χ2n) is 9.42. The molecule has 5 aromatic rings. The lowest BCUT2D eigenvalue weighted by atomic mass is 10.0. The van der Waals surface area contributed by atoms with Crippen molar-refractivity contribution in [3.63, 3.8) is 0 Å². The summed E-state index contributed by atoms with van der Waals surface area (Å²) in [5.74, 6) is 0. The van der Waals surface area contributed by atoms with Crippen LogP contribution in [0.4, 0.5) is 21.9 Å². The van der Waals surface area contributed by atoms with Crippen LogP contribution in [0, 0.1) is 0 Å². The molecule has 40 heavy (non-hydrogen) atoms. The highest BCUT2D eigenvalue weighted by molar-refractivity contribution is 5.99. The van der Waals surface area contributed by atoms with Crippen LogP contribution in [-0.2, 0) is 13.1 Å². The summed E-state index contributed by atoms with van der Waals surface area (Å²) in [5.41, 5.74) is 7.30. The number of halogens is 2. The average Bonchev–Trinajstić information content (AvgIpc) is 3.42. The molecule has 0 radical (unpaired) electrons. The summed E-state index contributed by atoms with van der Waals surface area (Å²) < 4.78 is 0.